The van der Waals surface area contributed by atoms with E-state index in [0.717, 1.165) is 13.1 Å². The minimum absolute atomic E-state index is 0.619. The van der Waals surface area contributed by atoms with Crippen LogP contribution in [0.4, 0.5) is 0 Å². The lowest BCUT2D eigenvalue weighted by Crippen LogP contribution is -2.42. The zero-order valence-corrected chi connectivity index (χ0v) is 12.8. The van der Waals surface area contributed by atoms with Gasteiger partial charge in [0.05, 0.1) is 0 Å². The molecule has 0 spiro atoms. The van der Waals surface area contributed by atoms with Crippen molar-refractivity contribution in [1.82, 2.24) is 15.1 Å². The number of hydrogen-bond donors (Lipinski definition) is 1. The van der Waals surface area contributed by atoms with E-state index in [4.69, 9.17) is 0 Å². The fraction of sp³-hybridized carbons (Fsp3) is 1.00. The van der Waals surface area contributed by atoms with Crippen molar-refractivity contribution in [3.8, 4) is 0 Å². The van der Waals surface area contributed by atoms with E-state index in [1.54, 1.807) is 0 Å². The van der Waals surface area contributed by atoms with Crippen molar-refractivity contribution in [3.63, 3.8) is 0 Å². The van der Waals surface area contributed by atoms with Crippen molar-refractivity contribution in [2.24, 2.45) is 0 Å². The van der Waals surface area contributed by atoms with Gasteiger partial charge in [-0.15, -0.1) is 0 Å². The zero-order valence-electron chi connectivity index (χ0n) is 12.8. The van der Waals surface area contributed by atoms with E-state index in [0.29, 0.717) is 12.1 Å². The van der Waals surface area contributed by atoms with Gasteiger partial charge in [0, 0.05) is 25.2 Å². The highest BCUT2D eigenvalue weighted by Crippen LogP contribution is 2.07. The highest BCUT2D eigenvalue weighted by Gasteiger charge is 2.15. The van der Waals surface area contributed by atoms with Gasteiger partial charge in [-0.1, -0.05) is 13.8 Å². The fourth-order valence-corrected chi connectivity index (χ4v) is 2.26. The first-order chi connectivity index (χ1) is 8.01. The Balaban J connectivity index is 4.08. The number of rotatable bonds is 10. The molecule has 2 atom stereocenters. The second-order valence-corrected chi connectivity index (χ2v) is 5.38. The molecule has 3 heteroatoms. The first-order valence-corrected chi connectivity index (χ1v) is 7.13. The third-order valence-corrected chi connectivity index (χ3v) is 3.22. The topological polar surface area (TPSA) is 18.5 Å². The number of nitrogens with zero attached hydrogens (tertiary/aromatic N) is 2. The van der Waals surface area contributed by atoms with Gasteiger partial charge in [0.2, 0.25) is 0 Å². The molecule has 0 heterocycles. The summed E-state index contributed by atoms with van der Waals surface area (Å²) in [5.41, 5.74) is 0. The van der Waals surface area contributed by atoms with Crippen molar-refractivity contribution in [2.75, 3.05) is 40.3 Å². The molecule has 104 valence electrons. The molecule has 17 heavy (non-hydrogen) atoms. The van der Waals surface area contributed by atoms with Gasteiger partial charge in [-0.25, -0.2) is 0 Å². The van der Waals surface area contributed by atoms with Crippen molar-refractivity contribution in [1.29, 1.82) is 0 Å². The molecule has 0 aliphatic rings. The van der Waals surface area contributed by atoms with Crippen LogP contribution in [0.2, 0.25) is 0 Å². The van der Waals surface area contributed by atoms with Gasteiger partial charge >= 0.3 is 0 Å². The molecule has 3 nitrogen and oxygen atoms in total. The summed E-state index contributed by atoms with van der Waals surface area (Å²) in [6.07, 6.45) is 2.48. The molecule has 0 fully saturated rings. The first-order valence-electron chi connectivity index (χ1n) is 7.13. The molecule has 0 saturated heterocycles. The van der Waals surface area contributed by atoms with Crippen LogP contribution in [0, 0.1) is 0 Å². The molecule has 0 aromatic carbocycles. The molecule has 0 aromatic rings. The second kappa shape index (κ2) is 9.86. The van der Waals surface area contributed by atoms with Crippen LogP contribution in [0.25, 0.3) is 0 Å². The van der Waals surface area contributed by atoms with E-state index in [9.17, 15) is 0 Å². The van der Waals surface area contributed by atoms with Crippen LogP contribution < -0.4 is 5.32 Å². The molecule has 0 aliphatic heterocycles. The standard InChI is InChI=1S/C14H33N3/c1-7-9-17(11-10-16(5)6)14(4)12-13(3)15-8-2/h13-15H,7-12H2,1-6H3. The summed E-state index contributed by atoms with van der Waals surface area (Å²) in [6.45, 7) is 13.7. The first kappa shape index (κ1) is 16.9. The molecule has 0 radical (unpaired) electrons. The summed E-state index contributed by atoms with van der Waals surface area (Å²) in [5, 5.41) is 3.50. The maximum absolute atomic E-state index is 3.50. The highest BCUT2D eigenvalue weighted by molar-refractivity contribution is 4.73. The fourth-order valence-electron chi connectivity index (χ4n) is 2.26. The summed E-state index contributed by atoms with van der Waals surface area (Å²) in [4.78, 5) is 4.89. The van der Waals surface area contributed by atoms with E-state index in [-0.39, 0.29) is 0 Å². The summed E-state index contributed by atoms with van der Waals surface area (Å²) in [6, 6.07) is 1.29. The van der Waals surface area contributed by atoms with Crippen LogP contribution >= 0.6 is 0 Å². The van der Waals surface area contributed by atoms with Gasteiger partial charge in [0.25, 0.3) is 0 Å². The molecule has 0 saturated carbocycles. The van der Waals surface area contributed by atoms with E-state index in [1.807, 2.05) is 0 Å². The van der Waals surface area contributed by atoms with Crippen molar-refractivity contribution >= 4 is 0 Å². The lowest BCUT2D eigenvalue weighted by Gasteiger charge is -2.31. The average molecular weight is 243 g/mol. The zero-order chi connectivity index (χ0) is 13.3. The van der Waals surface area contributed by atoms with Crippen LogP contribution in [0.3, 0.4) is 0 Å². The van der Waals surface area contributed by atoms with Gasteiger partial charge in [-0.2, -0.15) is 0 Å². The number of likely N-dealkylation sites (N-methyl/N-ethyl adjacent to an activating group) is 1. The largest absolute Gasteiger partial charge is 0.314 e. The van der Waals surface area contributed by atoms with Gasteiger partial charge in [0.1, 0.15) is 0 Å². The van der Waals surface area contributed by atoms with Crippen LogP contribution in [-0.2, 0) is 0 Å². The molecule has 1 N–H and O–H groups in total. The Morgan fingerprint density at radius 3 is 2.12 bits per heavy atom. The third-order valence-electron chi connectivity index (χ3n) is 3.22. The van der Waals surface area contributed by atoms with E-state index >= 15 is 0 Å². The molecule has 0 rings (SSSR count). The Morgan fingerprint density at radius 1 is 1.00 bits per heavy atom. The lowest BCUT2D eigenvalue weighted by atomic mass is 10.1. The summed E-state index contributed by atoms with van der Waals surface area (Å²) < 4.78 is 0. The highest BCUT2D eigenvalue weighted by atomic mass is 15.2. The smallest absolute Gasteiger partial charge is 0.0112 e. The van der Waals surface area contributed by atoms with E-state index in [2.05, 4.69) is 56.9 Å². The molecular formula is C14H33N3. The predicted molar refractivity (Wildman–Crippen MR) is 77.6 cm³/mol. The van der Waals surface area contributed by atoms with Crippen LogP contribution in [0.1, 0.15) is 40.5 Å². The monoisotopic (exact) mass is 243 g/mol. The normalized spacial score (nSPS) is 15.5. The van der Waals surface area contributed by atoms with Gasteiger partial charge in [-0.05, 0) is 53.9 Å². The number of hydrogen-bond acceptors (Lipinski definition) is 3. The summed E-state index contributed by atoms with van der Waals surface area (Å²) in [5.74, 6) is 0. The molecule has 0 aliphatic carbocycles. The lowest BCUT2D eigenvalue weighted by molar-refractivity contribution is 0.172. The van der Waals surface area contributed by atoms with Crippen LogP contribution in [0.15, 0.2) is 0 Å². The second-order valence-electron chi connectivity index (χ2n) is 5.38. The minimum Gasteiger partial charge on any atom is -0.314 e. The molecule has 2 unspecified atom stereocenters. The maximum Gasteiger partial charge on any atom is 0.0112 e. The Labute approximate surface area is 109 Å². The molecule has 0 bridgehead atoms. The Kier molecular flexibility index (Phi) is 9.79. The third kappa shape index (κ3) is 8.58. The maximum atomic E-state index is 3.50. The van der Waals surface area contributed by atoms with Gasteiger partial charge < -0.3 is 10.2 Å². The SMILES string of the molecule is CCCN(CCN(C)C)C(C)CC(C)NCC. The van der Waals surface area contributed by atoms with Crippen LogP contribution in [0.5, 0.6) is 0 Å². The average Bonchev–Trinajstić information content (AvgIpc) is 2.23. The van der Waals surface area contributed by atoms with E-state index < -0.39 is 0 Å². The minimum atomic E-state index is 0.619. The predicted octanol–water partition coefficient (Wildman–Crippen LogP) is 2.04. The van der Waals surface area contributed by atoms with Crippen molar-refractivity contribution in [3.05, 3.63) is 0 Å². The molecule has 0 amide bonds. The summed E-state index contributed by atoms with van der Waals surface area (Å²) >= 11 is 0. The quantitative estimate of drug-likeness (QED) is 0.633. The summed E-state index contributed by atoms with van der Waals surface area (Å²) in [7, 11) is 4.30. The molecule has 0 aromatic heterocycles. The van der Waals surface area contributed by atoms with Gasteiger partial charge in [0.15, 0.2) is 0 Å². The Bertz CT molecular complexity index is 171. The van der Waals surface area contributed by atoms with Gasteiger partial charge in [-0.3, -0.25) is 4.90 Å². The Hall–Kier alpha value is -0.120. The molecular weight excluding hydrogens is 210 g/mol. The number of nitrogens with one attached hydrogen (secondary N) is 1. The Morgan fingerprint density at radius 2 is 1.65 bits per heavy atom. The van der Waals surface area contributed by atoms with Crippen molar-refractivity contribution < 1.29 is 0 Å². The van der Waals surface area contributed by atoms with Crippen molar-refractivity contribution in [2.45, 2.75) is 52.6 Å². The van der Waals surface area contributed by atoms with E-state index in [1.165, 1.54) is 25.9 Å². The van der Waals surface area contributed by atoms with Crippen LogP contribution in [-0.4, -0.2) is 62.2 Å².